The average Bonchev–Trinajstić information content (AvgIpc) is 2.89. The summed E-state index contributed by atoms with van der Waals surface area (Å²) in [6.07, 6.45) is 2.12. The highest BCUT2D eigenvalue weighted by Crippen LogP contribution is 2.30. The molecule has 0 bridgehead atoms. The summed E-state index contributed by atoms with van der Waals surface area (Å²) in [6.45, 7) is 0. The fraction of sp³-hybridized carbons (Fsp3) is 0.0476. The highest BCUT2D eigenvalue weighted by Gasteiger charge is 2.04. The van der Waals surface area contributed by atoms with Gasteiger partial charge in [0, 0.05) is 24.1 Å². The maximum Gasteiger partial charge on any atom is 0.0484 e. The minimum absolute atomic E-state index is 1.28. The van der Waals surface area contributed by atoms with Crippen molar-refractivity contribution in [3.63, 3.8) is 0 Å². The number of aromatic nitrogens is 1. The van der Waals surface area contributed by atoms with Crippen LogP contribution in [0.15, 0.2) is 72.9 Å². The molecule has 1 heteroatoms. The van der Waals surface area contributed by atoms with E-state index in [0.717, 1.165) is 0 Å². The minimum Gasteiger partial charge on any atom is -0.351 e. The highest BCUT2D eigenvalue weighted by atomic mass is 14.9. The first-order valence-electron chi connectivity index (χ1n) is 7.59. The summed E-state index contributed by atoms with van der Waals surface area (Å²) in [5, 5.41) is 9.12. The molecule has 0 spiro atoms. The molecule has 22 heavy (non-hydrogen) atoms. The summed E-state index contributed by atoms with van der Waals surface area (Å²) in [5.74, 6) is 0. The Labute approximate surface area is 128 Å². The maximum atomic E-state index is 2.31. The predicted octanol–water partition coefficient (Wildman–Crippen LogP) is 5.64. The molecule has 1 heterocycles. The van der Waals surface area contributed by atoms with Crippen molar-refractivity contribution < 1.29 is 0 Å². The Morgan fingerprint density at radius 2 is 1.05 bits per heavy atom. The van der Waals surface area contributed by atoms with Gasteiger partial charge in [-0.3, -0.25) is 0 Å². The number of aryl methyl sites for hydroxylation is 1. The molecular formula is C21H15N. The van der Waals surface area contributed by atoms with Gasteiger partial charge in [-0.1, -0.05) is 24.3 Å². The van der Waals surface area contributed by atoms with E-state index in [2.05, 4.69) is 84.5 Å². The van der Waals surface area contributed by atoms with E-state index in [-0.39, 0.29) is 0 Å². The molecule has 1 nitrogen and oxygen atoms in total. The van der Waals surface area contributed by atoms with Crippen molar-refractivity contribution in [1.82, 2.24) is 4.57 Å². The molecule has 5 aromatic rings. The molecule has 0 unspecified atom stereocenters. The third-order valence-corrected chi connectivity index (χ3v) is 4.66. The summed E-state index contributed by atoms with van der Waals surface area (Å²) >= 11 is 0. The van der Waals surface area contributed by atoms with Crippen molar-refractivity contribution in [2.75, 3.05) is 0 Å². The smallest absolute Gasteiger partial charge is 0.0484 e. The Kier molecular flexibility index (Phi) is 2.21. The van der Waals surface area contributed by atoms with Crippen LogP contribution in [0.5, 0.6) is 0 Å². The zero-order valence-corrected chi connectivity index (χ0v) is 12.4. The van der Waals surface area contributed by atoms with Crippen LogP contribution in [0.4, 0.5) is 0 Å². The van der Waals surface area contributed by atoms with Gasteiger partial charge >= 0.3 is 0 Å². The molecule has 0 aliphatic rings. The van der Waals surface area contributed by atoms with E-state index in [4.69, 9.17) is 0 Å². The summed E-state index contributed by atoms with van der Waals surface area (Å²) in [7, 11) is 2.10. The number of hydrogen-bond acceptors (Lipinski definition) is 0. The number of nitrogens with zero attached hydrogens (tertiary/aromatic N) is 1. The van der Waals surface area contributed by atoms with Gasteiger partial charge < -0.3 is 4.57 Å². The lowest BCUT2D eigenvalue weighted by molar-refractivity contribution is 0.970. The topological polar surface area (TPSA) is 4.93 Å². The van der Waals surface area contributed by atoms with Crippen molar-refractivity contribution in [1.29, 1.82) is 0 Å². The molecule has 0 N–H and O–H groups in total. The van der Waals surface area contributed by atoms with Gasteiger partial charge in [-0.2, -0.15) is 0 Å². The summed E-state index contributed by atoms with van der Waals surface area (Å²) in [4.78, 5) is 0. The molecule has 5 rings (SSSR count). The molecule has 0 saturated heterocycles. The van der Waals surface area contributed by atoms with Crippen LogP contribution in [0.3, 0.4) is 0 Å². The van der Waals surface area contributed by atoms with Crippen molar-refractivity contribution in [3.8, 4) is 0 Å². The van der Waals surface area contributed by atoms with Crippen molar-refractivity contribution in [3.05, 3.63) is 72.9 Å². The predicted molar refractivity (Wildman–Crippen MR) is 95.4 cm³/mol. The van der Waals surface area contributed by atoms with Crippen LogP contribution in [0.2, 0.25) is 0 Å². The van der Waals surface area contributed by atoms with Gasteiger partial charge in [0.2, 0.25) is 0 Å². The van der Waals surface area contributed by atoms with Crippen molar-refractivity contribution in [2.45, 2.75) is 0 Å². The second kappa shape index (κ2) is 4.11. The summed E-state index contributed by atoms with van der Waals surface area (Å²) < 4.78 is 2.18. The van der Waals surface area contributed by atoms with Gasteiger partial charge in [-0.25, -0.2) is 0 Å². The molecule has 0 aliphatic carbocycles. The molecule has 0 saturated carbocycles. The normalized spacial score (nSPS) is 11.9. The van der Waals surface area contributed by atoms with Gasteiger partial charge in [-0.15, -0.1) is 0 Å². The highest BCUT2D eigenvalue weighted by molar-refractivity contribution is 6.07. The van der Waals surface area contributed by atoms with E-state index in [1.165, 1.54) is 43.2 Å². The Hall–Kier alpha value is -2.80. The Balaban J connectivity index is 1.94. The monoisotopic (exact) mass is 281 g/mol. The Bertz CT molecular complexity index is 1180. The van der Waals surface area contributed by atoms with Crippen LogP contribution in [0, 0.1) is 0 Å². The van der Waals surface area contributed by atoms with Gasteiger partial charge in [-0.05, 0) is 74.8 Å². The first-order valence-corrected chi connectivity index (χ1v) is 7.59. The van der Waals surface area contributed by atoms with E-state index in [1.54, 1.807) is 0 Å². The molecule has 1 aromatic heterocycles. The lowest BCUT2D eigenvalue weighted by Crippen LogP contribution is -1.84. The van der Waals surface area contributed by atoms with Gasteiger partial charge in [0.15, 0.2) is 0 Å². The third kappa shape index (κ3) is 1.59. The summed E-state index contributed by atoms with van der Waals surface area (Å²) in [5.41, 5.74) is 1.28. The average molecular weight is 281 g/mol. The molecular weight excluding hydrogens is 266 g/mol. The van der Waals surface area contributed by atoms with E-state index < -0.39 is 0 Å². The lowest BCUT2D eigenvalue weighted by Gasteiger charge is -2.06. The molecule has 0 atom stereocenters. The lowest BCUT2D eigenvalue weighted by atomic mass is 9.99. The van der Waals surface area contributed by atoms with Crippen molar-refractivity contribution >= 4 is 43.2 Å². The van der Waals surface area contributed by atoms with Gasteiger partial charge in [0.05, 0.1) is 0 Å². The zero-order chi connectivity index (χ0) is 14.7. The SMILES string of the molecule is Cn1ccc2cc3cc4cc5ccccc5cc4cc3cc21. The van der Waals surface area contributed by atoms with E-state index >= 15 is 0 Å². The second-order valence-corrected chi connectivity index (χ2v) is 6.08. The third-order valence-electron chi connectivity index (χ3n) is 4.66. The molecule has 0 fully saturated rings. The number of hydrogen-bond donors (Lipinski definition) is 0. The van der Waals surface area contributed by atoms with Gasteiger partial charge in [0.1, 0.15) is 0 Å². The van der Waals surface area contributed by atoms with Crippen LogP contribution < -0.4 is 0 Å². The Morgan fingerprint density at radius 1 is 0.545 bits per heavy atom. The van der Waals surface area contributed by atoms with Crippen LogP contribution in [0.1, 0.15) is 0 Å². The first kappa shape index (κ1) is 11.8. The van der Waals surface area contributed by atoms with E-state index in [9.17, 15) is 0 Å². The first-order chi connectivity index (χ1) is 10.8. The maximum absolute atomic E-state index is 2.31. The minimum atomic E-state index is 1.28. The summed E-state index contributed by atoms with van der Waals surface area (Å²) in [6, 6.07) is 24.5. The zero-order valence-electron chi connectivity index (χ0n) is 12.4. The quantitative estimate of drug-likeness (QED) is 0.324. The van der Waals surface area contributed by atoms with Crippen LogP contribution in [0.25, 0.3) is 43.2 Å². The Morgan fingerprint density at radius 3 is 1.68 bits per heavy atom. The molecule has 104 valence electrons. The van der Waals surface area contributed by atoms with Crippen LogP contribution in [-0.2, 0) is 7.05 Å². The molecule has 0 aliphatic heterocycles. The number of rotatable bonds is 0. The molecule has 0 radical (unpaired) electrons. The fourth-order valence-electron chi connectivity index (χ4n) is 3.46. The fourth-order valence-corrected chi connectivity index (χ4v) is 3.46. The van der Waals surface area contributed by atoms with Crippen LogP contribution >= 0.6 is 0 Å². The molecule has 4 aromatic carbocycles. The number of benzene rings is 4. The van der Waals surface area contributed by atoms with E-state index in [0.29, 0.717) is 0 Å². The second-order valence-electron chi connectivity index (χ2n) is 6.08. The van der Waals surface area contributed by atoms with Crippen LogP contribution in [-0.4, -0.2) is 4.57 Å². The van der Waals surface area contributed by atoms with Gasteiger partial charge in [0.25, 0.3) is 0 Å². The van der Waals surface area contributed by atoms with Crippen molar-refractivity contribution in [2.24, 2.45) is 7.05 Å². The van der Waals surface area contributed by atoms with E-state index in [1.807, 2.05) is 0 Å². The standard InChI is InChI=1S/C21H15N/c1-22-7-6-16-10-19-11-17-8-14-4-2-3-5-15(14)9-18(17)12-20(19)13-21(16)22/h2-13H,1H3. The number of fused-ring (bicyclic) bond motifs is 4. The molecule has 0 amide bonds. The largest absolute Gasteiger partial charge is 0.351 e.